The van der Waals surface area contributed by atoms with Crippen molar-refractivity contribution in [1.29, 1.82) is 0 Å². The van der Waals surface area contributed by atoms with Crippen molar-refractivity contribution in [2.75, 3.05) is 26.2 Å². The van der Waals surface area contributed by atoms with E-state index in [0.717, 1.165) is 12.1 Å². The number of hydrogen-bond donors (Lipinski definition) is 0. The molecule has 1 fully saturated rings. The van der Waals surface area contributed by atoms with Gasteiger partial charge >= 0.3 is 6.18 Å². The van der Waals surface area contributed by atoms with E-state index in [2.05, 4.69) is 5.10 Å². The molecule has 2 aromatic rings. The number of nitrogens with zero attached hydrogens (tertiary/aromatic N) is 4. The minimum Gasteiger partial charge on any atom is -0.339 e. The third-order valence-corrected chi connectivity index (χ3v) is 4.88. The average Bonchev–Trinajstić information content (AvgIpc) is 3.07. The fraction of sp³-hybridized carbons (Fsp3) is 0.421. The molecule has 1 aliphatic heterocycles. The van der Waals surface area contributed by atoms with E-state index in [1.807, 2.05) is 0 Å². The number of piperazine rings is 1. The molecular weight excluding hydrogens is 373 g/mol. The summed E-state index contributed by atoms with van der Waals surface area (Å²) in [5.74, 6) is -0.181. The second-order valence-electron chi connectivity index (χ2n) is 6.63. The summed E-state index contributed by atoms with van der Waals surface area (Å²) in [5.41, 5.74) is 0.276. The highest BCUT2D eigenvalue weighted by Gasteiger charge is 2.31. The third-order valence-electron chi connectivity index (χ3n) is 4.88. The number of alkyl halides is 3. The van der Waals surface area contributed by atoms with E-state index in [4.69, 9.17) is 0 Å². The quantitative estimate of drug-likeness (QED) is 0.804. The van der Waals surface area contributed by atoms with Gasteiger partial charge in [-0.3, -0.25) is 9.59 Å². The lowest BCUT2D eigenvalue weighted by Gasteiger charge is -2.34. The first kappa shape index (κ1) is 19.9. The highest BCUT2D eigenvalue weighted by Crippen LogP contribution is 2.30. The van der Waals surface area contributed by atoms with Gasteiger partial charge in [0.2, 0.25) is 5.91 Å². The lowest BCUT2D eigenvalue weighted by atomic mass is 10.1. The number of rotatable bonds is 3. The highest BCUT2D eigenvalue weighted by atomic mass is 19.4. The normalized spacial score (nSPS) is 15.0. The van der Waals surface area contributed by atoms with Crippen molar-refractivity contribution in [3.05, 3.63) is 47.3 Å². The van der Waals surface area contributed by atoms with Gasteiger partial charge in [0.25, 0.3) is 5.91 Å². The maximum atomic E-state index is 13.0. The summed E-state index contributed by atoms with van der Waals surface area (Å²) >= 11 is 0. The van der Waals surface area contributed by atoms with E-state index in [1.54, 1.807) is 23.6 Å². The number of carbonyl (C=O) groups is 2. The van der Waals surface area contributed by atoms with Crippen molar-refractivity contribution in [2.24, 2.45) is 0 Å². The van der Waals surface area contributed by atoms with Crippen LogP contribution in [0.3, 0.4) is 0 Å². The summed E-state index contributed by atoms with van der Waals surface area (Å²) in [7, 11) is 0. The number of halogens is 3. The van der Waals surface area contributed by atoms with E-state index >= 15 is 0 Å². The summed E-state index contributed by atoms with van der Waals surface area (Å²) in [6.45, 7) is 5.22. The van der Waals surface area contributed by atoms with Crippen LogP contribution in [0.15, 0.2) is 30.5 Å². The van der Waals surface area contributed by atoms with E-state index in [9.17, 15) is 22.8 Å². The Balaban J connectivity index is 1.78. The molecule has 3 rings (SSSR count). The predicted molar refractivity (Wildman–Crippen MR) is 96.1 cm³/mol. The monoisotopic (exact) mass is 394 g/mol. The van der Waals surface area contributed by atoms with Crippen molar-refractivity contribution in [1.82, 2.24) is 19.6 Å². The van der Waals surface area contributed by atoms with Gasteiger partial charge in [-0.05, 0) is 25.1 Å². The van der Waals surface area contributed by atoms with Gasteiger partial charge in [0.05, 0.1) is 28.7 Å². The zero-order valence-corrected chi connectivity index (χ0v) is 15.7. The second kappa shape index (κ2) is 7.65. The summed E-state index contributed by atoms with van der Waals surface area (Å²) in [6, 6.07) is 4.82. The molecule has 1 aromatic heterocycles. The van der Waals surface area contributed by atoms with Crippen LogP contribution in [0.5, 0.6) is 0 Å². The number of hydrogen-bond acceptors (Lipinski definition) is 3. The van der Waals surface area contributed by atoms with Crippen molar-refractivity contribution in [2.45, 2.75) is 26.4 Å². The Morgan fingerprint density at radius 2 is 1.75 bits per heavy atom. The van der Waals surface area contributed by atoms with Crippen LogP contribution in [0.25, 0.3) is 5.69 Å². The molecule has 2 amide bonds. The van der Waals surface area contributed by atoms with Crippen molar-refractivity contribution < 1.29 is 22.8 Å². The third kappa shape index (κ3) is 3.88. The minimum absolute atomic E-state index is 0.0562. The molecule has 0 atom stereocenters. The number of aromatic nitrogens is 2. The largest absolute Gasteiger partial charge is 0.416 e. The van der Waals surface area contributed by atoms with Gasteiger partial charge in [0, 0.05) is 32.6 Å². The van der Waals surface area contributed by atoms with Gasteiger partial charge in [-0.1, -0.05) is 13.0 Å². The van der Waals surface area contributed by atoms with Crippen molar-refractivity contribution in [3.8, 4) is 5.69 Å². The molecule has 0 unspecified atom stereocenters. The molecule has 2 heterocycles. The topological polar surface area (TPSA) is 58.4 Å². The highest BCUT2D eigenvalue weighted by molar-refractivity contribution is 5.95. The standard InChI is InChI=1S/C19H21F3N4O2/c1-3-17(27)24-7-9-25(10-8-24)18(28)16-12-23-26(13(16)2)15-6-4-5-14(11-15)19(20,21)22/h4-6,11-12H,3,7-10H2,1-2H3. The molecular formula is C19H21F3N4O2. The molecule has 0 aliphatic carbocycles. The molecule has 1 saturated heterocycles. The van der Waals surface area contributed by atoms with Crippen molar-refractivity contribution in [3.63, 3.8) is 0 Å². The molecule has 150 valence electrons. The second-order valence-corrected chi connectivity index (χ2v) is 6.63. The molecule has 9 heteroatoms. The maximum Gasteiger partial charge on any atom is 0.416 e. The summed E-state index contributed by atoms with van der Waals surface area (Å²) < 4.78 is 40.2. The van der Waals surface area contributed by atoms with E-state index in [1.165, 1.54) is 23.0 Å². The van der Waals surface area contributed by atoms with Gasteiger partial charge in [0.1, 0.15) is 0 Å². The molecule has 0 spiro atoms. The average molecular weight is 394 g/mol. The van der Waals surface area contributed by atoms with Crippen LogP contribution in [0.1, 0.15) is 35.0 Å². The molecule has 28 heavy (non-hydrogen) atoms. The van der Waals surface area contributed by atoms with Crippen LogP contribution in [0.4, 0.5) is 13.2 Å². The van der Waals surface area contributed by atoms with Crippen LogP contribution in [-0.4, -0.2) is 57.6 Å². The minimum atomic E-state index is -4.45. The van der Waals surface area contributed by atoms with Gasteiger partial charge in [0.15, 0.2) is 0 Å². The summed E-state index contributed by atoms with van der Waals surface area (Å²) in [5, 5.41) is 4.12. The van der Waals surface area contributed by atoms with Crippen LogP contribution in [0.2, 0.25) is 0 Å². The Hall–Kier alpha value is -2.84. The summed E-state index contributed by atoms with van der Waals surface area (Å²) in [4.78, 5) is 27.9. The first-order valence-electron chi connectivity index (χ1n) is 9.01. The Labute approximate surface area is 160 Å². The zero-order chi connectivity index (χ0) is 20.5. The Bertz CT molecular complexity index is 884. The molecule has 0 bridgehead atoms. The van der Waals surface area contributed by atoms with E-state index < -0.39 is 11.7 Å². The lowest BCUT2D eigenvalue weighted by Crippen LogP contribution is -2.50. The van der Waals surface area contributed by atoms with Gasteiger partial charge in [-0.15, -0.1) is 0 Å². The number of carbonyl (C=O) groups excluding carboxylic acids is 2. The Kier molecular flexibility index (Phi) is 5.44. The van der Waals surface area contributed by atoms with Crippen LogP contribution in [-0.2, 0) is 11.0 Å². The van der Waals surface area contributed by atoms with Crippen LogP contribution >= 0.6 is 0 Å². The Morgan fingerprint density at radius 3 is 2.36 bits per heavy atom. The molecule has 6 nitrogen and oxygen atoms in total. The van der Waals surface area contributed by atoms with E-state index in [-0.39, 0.29) is 17.5 Å². The van der Waals surface area contributed by atoms with Gasteiger partial charge in [-0.2, -0.15) is 18.3 Å². The molecule has 0 N–H and O–H groups in total. The van der Waals surface area contributed by atoms with E-state index in [0.29, 0.717) is 43.9 Å². The van der Waals surface area contributed by atoms with Gasteiger partial charge in [-0.25, -0.2) is 4.68 Å². The molecule has 1 aliphatic rings. The van der Waals surface area contributed by atoms with Crippen LogP contribution < -0.4 is 0 Å². The predicted octanol–water partition coefficient (Wildman–Crippen LogP) is 2.89. The first-order chi connectivity index (χ1) is 13.2. The maximum absolute atomic E-state index is 13.0. The fourth-order valence-corrected chi connectivity index (χ4v) is 3.25. The fourth-order valence-electron chi connectivity index (χ4n) is 3.25. The number of benzene rings is 1. The number of amides is 2. The molecule has 1 aromatic carbocycles. The summed E-state index contributed by atoms with van der Waals surface area (Å²) in [6.07, 6.45) is -2.65. The Morgan fingerprint density at radius 1 is 1.11 bits per heavy atom. The lowest BCUT2D eigenvalue weighted by molar-refractivity contribution is -0.137. The van der Waals surface area contributed by atoms with Crippen molar-refractivity contribution >= 4 is 11.8 Å². The van der Waals surface area contributed by atoms with Gasteiger partial charge < -0.3 is 9.80 Å². The smallest absolute Gasteiger partial charge is 0.339 e. The van der Waals surface area contributed by atoms with Crippen LogP contribution in [0, 0.1) is 6.92 Å². The zero-order valence-electron chi connectivity index (χ0n) is 15.7. The first-order valence-corrected chi connectivity index (χ1v) is 9.01. The SMILES string of the molecule is CCC(=O)N1CCN(C(=O)c2cnn(-c3cccc(C(F)(F)F)c3)c2C)CC1. The molecule has 0 saturated carbocycles. The molecule has 0 radical (unpaired) electrons.